The van der Waals surface area contributed by atoms with Crippen molar-refractivity contribution in [3.63, 3.8) is 0 Å². The standard InChI is InChI=1S/C26H29F2N5/c27-24-6-4-19(14-25(24)28)8-11-32-12-9-29-17-22(32)3-1-2-20-16-31-26-7-5-21(15-23(20)26)33-13-10-30-18-33/h4-7,10,13-16,18,22,29,31H,1-3,8-9,11-12,17H2. The zero-order chi connectivity index (χ0) is 22.6. The van der Waals surface area contributed by atoms with E-state index in [4.69, 9.17) is 0 Å². The van der Waals surface area contributed by atoms with E-state index < -0.39 is 11.6 Å². The van der Waals surface area contributed by atoms with Crippen molar-refractivity contribution in [2.75, 3.05) is 26.2 Å². The van der Waals surface area contributed by atoms with Crippen LogP contribution in [0.5, 0.6) is 0 Å². The van der Waals surface area contributed by atoms with Crippen molar-refractivity contribution in [1.29, 1.82) is 0 Å². The van der Waals surface area contributed by atoms with Crippen LogP contribution >= 0.6 is 0 Å². The van der Waals surface area contributed by atoms with Crippen molar-refractivity contribution < 1.29 is 8.78 Å². The summed E-state index contributed by atoms with van der Waals surface area (Å²) in [6.07, 6.45) is 11.6. The first-order chi connectivity index (χ1) is 16.2. The minimum absolute atomic E-state index is 0.454. The van der Waals surface area contributed by atoms with Gasteiger partial charge in [0.05, 0.1) is 6.33 Å². The van der Waals surface area contributed by atoms with E-state index in [-0.39, 0.29) is 0 Å². The number of hydrogen-bond donors (Lipinski definition) is 2. The fourth-order valence-electron chi connectivity index (χ4n) is 4.82. The van der Waals surface area contributed by atoms with E-state index in [0.29, 0.717) is 6.04 Å². The molecule has 2 aromatic heterocycles. The number of H-pyrrole nitrogens is 1. The van der Waals surface area contributed by atoms with Crippen molar-refractivity contribution in [2.45, 2.75) is 31.7 Å². The van der Waals surface area contributed by atoms with Crippen LogP contribution in [0.25, 0.3) is 16.6 Å². The first kappa shape index (κ1) is 21.8. The third kappa shape index (κ3) is 4.99. The van der Waals surface area contributed by atoms with E-state index in [0.717, 1.165) is 68.6 Å². The summed E-state index contributed by atoms with van der Waals surface area (Å²) in [7, 11) is 0. The van der Waals surface area contributed by atoms with Crippen molar-refractivity contribution >= 4 is 10.9 Å². The second kappa shape index (κ2) is 9.85. The van der Waals surface area contributed by atoms with Gasteiger partial charge in [0.25, 0.3) is 0 Å². The summed E-state index contributed by atoms with van der Waals surface area (Å²) >= 11 is 0. The number of hydrogen-bond acceptors (Lipinski definition) is 3. The summed E-state index contributed by atoms with van der Waals surface area (Å²) in [5, 5.41) is 4.77. The number of aromatic amines is 1. The van der Waals surface area contributed by atoms with Gasteiger partial charge in [-0.3, -0.25) is 4.90 Å². The fraction of sp³-hybridized carbons (Fsp3) is 0.346. The normalized spacial score (nSPS) is 17.1. The number of piperazine rings is 1. The Balaban J connectivity index is 1.19. The topological polar surface area (TPSA) is 48.9 Å². The maximum absolute atomic E-state index is 13.5. The molecule has 4 aromatic rings. The maximum atomic E-state index is 13.5. The molecule has 33 heavy (non-hydrogen) atoms. The number of benzene rings is 2. The largest absolute Gasteiger partial charge is 0.361 e. The van der Waals surface area contributed by atoms with Crippen LogP contribution < -0.4 is 5.32 Å². The summed E-state index contributed by atoms with van der Waals surface area (Å²) in [5.74, 6) is -1.55. The van der Waals surface area contributed by atoms with Gasteiger partial charge in [-0.25, -0.2) is 13.8 Å². The number of nitrogens with one attached hydrogen (secondary N) is 2. The molecule has 5 rings (SSSR count). The second-order valence-corrected chi connectivity index (χ2v) is 8.80. The molecular weight excluding hydrogens is 420 g/mol. The van der Waals surface area contributed by atoms with Crippen LogP contribution in [0, 0.1) is 11.6 Å². The van der Waals surface area contributed by atoms with Crippen molar-refractivity contribution in [1.82, 2.24) is 24.8 Å². The molecule has 172 valence electrons. The lowest BCUT2D eigenvalue weighted by atomic mass is 10.0. The molecule has 0 spiro atoms. The number of halogens is 2. The Morgan fingerprint density at radius 3 is 2.85 bits per heavy atom. The fourth-order valence-corrected chi connectivity index (χ4v) is 4.82. The lowest BCUT2D eigenvalue weighted by molar-refractivity contribution is 0.153. The first-order valence-corrected chi connectivity index (χ1v) is 11.6. The summed E-state index contributed by atoms with van der Waals surface area (Å²) in [6, 6.07) is 11.1. The number of aryl methyl sites for hydroxylation is 1. The smallest absolute Gasteiger partial charge is 0.159 e. The van der Waals surface area contributed by atoms with Crippen molar-refractivity contribution in [3.05, 3.63) is 84.1 Å². The molecule has 1 aliphatic rings. The summed E-state index contributed by atoms with van der Waals surface area (Å²) in [5.41, 5.74) is 4.45. The molecule has 1 saturated heterocycles. The predicted molar refractivity (Wildman–Crippen MR) is 127 cm³/mol. The second-order valence-electron chi connectivity index (χ2n) is 8.80. The van der Waals surface area contributed by atoms with Crippen LogP contribution in [0.15, 0.2) is 61.3 Å². The Labute approximate surface area is 192 Å². The van der Waals surface area contributed by atoms with Gasteiger partial charge in [-0.15, -0.1) is 0 Å². The number of fused-ring (bicyclic) bond motifs is 1. The molecule has 0 amide bonds. The van der Waals surface area contributed by atoms with E-state index >= 15 is 0 Å². The van der Waals surface area contributed by atoms with Gasteiger partial charge in [-0.05, 0) is 67.1 Å². The summed E-state index contributed by atoms with van der Waals surface area (Å²) in [6.45, 7) is 3.78. The Morgan fingerprint density at radius 2 is 2.00 bits per heavy atom. The highest BCUT2D eigenvalue weighted by Crippen LogP contribution is 2.24. The van der Waals surface area contributed by atoms with Crippen LogP contribution in [0.1, 0.15) is 24.0 Å². The monoisotopic (exact) mass is 449 g/mol. The van der Waals surface area contributed by atoms with Gasteiger partial charge < -0.3 is 14.9 Å². The van der Waals surface area contributed by atoms with Crippen molar-refractivity contribution in [2.24, 2.45) is 0 Å². The molecule has 0 aliphatic carbocycles. The number of imidazole rings is 1. The predicted octanol–water partition coefficient (Wildman–Crippen LogP) is 4.47. The van der Waals surface area contributed by atoms with Crippen LogP contribution in [-0.2, 0) is 12.8 Å². The first-order valence-electron chi connectivity index (χ1n) is 11.6. The van der Waals surface area contributed by atoms with Gasteiger partial charge in [0.15, 0.2) is 11.6 Å². The van der Waals surface area contributed by atoms with E-state index in [9.17, 15) is 8.78 Å². The molecule has 3 heterocycles. The average molecular weight is 450 g/mol. The van der Waals surface area contributed by atoms with Gasteiger partial charge in [-0.1, -0.05) is 6.07 Å². The zero-order valence-electron chi connectivity index (χ0n) is 18.6. The molecule has 5 nitrogen and oxygen atoms in total. The maximum Gasteiger partial charge on any atom is 0.159 e. The van der Waals surface area contributed by atoms with Gasteiger partial charge in [0.1, 0.15) is 0 Å². The molecular formula is C26H29F2N5. The minimum Gasteiger partial charge on any atom is -0.361 e. The Morgan fingerprint density at radius 1 is 1.06 bits per heavy atom. The molecule has 1 atom stereocenters. The summed E-state index contributed by atoms with van der Waals surface area (Å²) < 4.78 is 28.8. The van der Waals surface area contributed by atoms with Crippen LogP contribution in [-0.4, -0.2) is 51.7 Å². The number of aromatic nitrogens is 3. The minimum atomic E-state index is -0.784. The molecule has 1 fully saturated rings. The molecule has 7 heteroatoms. The Hall–Kier alpha value is -3.03. The molecule has 0 saturated carbocycles. The SMILES string of the molecule is Fc1ccc(CCN2CCNCC2CCCc2c[nH]c3ccc(-n4ccnc4)cc23)cc1F. The van der Waals surface area contributed by atoms with Gasteiger partial charge in [0, 0.05) is 67.4 Å². The summed E-state index contributed by atoms with van der Waals surface area (Å²) in [4.78, 5) is 10.0. The van der Waals surface area contributed by atoms with Gasteiger partial charge in [-0.2, -0.15) is 0 Å². The highest BCUT2D eigenvalue weighted by Gasteiger charge is 2.21. The lowest BCUT2D eigenvalue weighted by Gasteiger charge is -2.36. The highest BCUT2D eigenvalue weighted by atomic mass is 19.2. The van der Waals surface area contributed by atoms with Crippen LogP contribution in [0.3, 0.4) is 0 Å². The molecule has 1 unspecified atom stereocenters. The highest BCUT2D eigenvalue weighted by molar-refractivity contribution is 5.85. The van der Waals surface area contributed by atoms with Crippen LogP contribution in [0.4, 0.5) is 8.78 Å². The third-order valence-electron chi connectivity index (χ3n) is 6.68. The molecule has 0 bridgehead atoms. The Bertz CT molecular complexity index is 1200. The average Bonchev–Trinajstić information content (AvgIpc) is 3.51. The van der Waals surface area contributed by atoms with E-state index in [1.54, 1.807) is 12.3 Å². The van der Waals surface area contributed by atoms with Gasteiger partial charge >= 0.3 is 0 Å². The van der Waals surface area contributed by atoms with Crippen LogP contribution in [0.2, 0.25) is 0 Å². The Kier molecular flexibility index (Phi) is 6.51. The van der Waals surface area contributed by atoms with Gasteiger partial charge in [0.2, 0.25) is 0 Å². The molecule has 2 N–H and O–H groups in total. The zero-order valence-corrected chi connectivity index (χ0v) is 18.6. The van der Waals surface area contributed by atoms with E-state index in [2.05, 4.69) is 44.6 Å². The number of rotatable bonds is 8. The molecule has 1 aliphatic heterocycles. The third-order valence-corrected chi connectivity index (χ3v) is 6.68. The molecule has 2 aromatic carbocycles. The van der Waals surface area contributed by atoms with Crippen molar-refractivity contribution in [3.8, 4) is 5.69 Å². The van der Waals surface area contributed by atoms with E-state index in [1.165, 1.54) is 23.1 Å². The van der Waals surface area contributed by atoms with E-state index in [1.807, 2.05) is 17.1 Å². The number of nitrogens with zero attached hydrogens (tertiary/aromatic N) is 3. The lowest BCUT2D eigenvalue weighted by Crippen LogP contribution is -2.51. The molecule has 0 radical (unpaired) electrons. The quantitative estimate of drug-likeness (QED) is 0.417.